The highest BCUT2D eigenvalue weighted by Gasteiger charge is 2.51. The summed E-state index contributed by atoms with van der Waals surface area (Å²) in [6.07, 6.45) is 6.83. The van der Waals surface area contributed by atoms with Gasteiger partial charge in [-0.3, -0.25) is 19.5 Å². The summed E-state index contributed by atoms with van der Waals surface area (Å²) >= 11 is 1.58. The van der Waals surface area contributed by atoms with Crippen LogP contribution in [0, 0.1) is 18.7 Å². The Balaban J connectivity index is 0.634. The summed E-state index contributed by atoms with van der Waals surface area (Å²) < 4.78 is 36.0. The number of carbonyl (C=O) groups excluding carboxylic acids is 3. The smallest absolute Gasteiger partial charge is 0.409 e. The number of rotatable bonds is 16. The largest absolute Gasteiger partial charge is 0.508 e. The van der Waals surface area contributed by atoms with E-state index in [9.17, 15) is 24.6 Å². The van der Waals surface area contributed by atoms with Crippen LogP contribution in [0.25, 0.3) is 43.4 Å². The molecule has 6 aliphatic heterocycles. The number of likely N-dealkylation sites (tertiary alicyclic amines) is 1. The summed E-state index contributed by atoms with van der Waals surface area (Å²) in [5.41, 5.74) is 6.15. The Hall–Kier alpha value is -7.53. The molecule has 3 amide bonds. The van der Waals surface area contributed by atoms with Crippen LogP contribution in [-0.2, 0) is 20.7 Å². The molecule has 2 unspecified atom stereocenters. The number of amides is 3. The standard InChI is InChI=1S/C64H75FN12O8S/c1-6-39-9-7-10-42-25-46(78)26-48(54(39)42)56-55(65)57-49(29-66-56)59(75-30-43-15-16-44(31-75)69-43)71-62(70-57)83-33-45-17-19-64(18-8-20-77(45)64)34-84-63(82)74-23-21-73(22-24-74)52-28-51(85-72-52)53(36(2)3)61(81)76-32-47(79)27-50(76)60(80)68-37(4)40-11-13-41(14-12-40)58-38(5)67-35-86-58/h7,9-14,25-26,28-29,35-37,43-45,47,50,53,69,78-79H,6,8,15-24,27,30-34H2,1-5H3,(H,68,80)/t37-,43?,44?,45-,47+,50-,53+,64-/m0/s1. The first-order valence-corrected chi connectivity index (χ1v) is 31.4. The van der Waals surface area contributed by atoms with Gasteiger partial charge in [-0.2, -0.15) is 9.97 Å². The number of β-amino-alcohol motifs (C(OH)–C–C–N with tert-alkyl or cyclic N) is 1. The quantitative estimate of drug-likeness (QED) is 0.0711. The summed E-state index contributed by atoms with van der Waals surface area (Å²) in [5.74, 6) is -0.692. The lowest BCUT2D eigenvalue weighted by Gasteiger charge is -2.37. The van der Waals surface area contributed by atoms with Crippen molar-refractivity contribution in [1.82, 2.24) is 50.4 Å². The highest BCUT2D eigenvalue weighted by molar-refractivity contribution is 7.13. The number of nitrogens with zero attached hydrogens (tertiary/aromatic N) is 10. The number of aliphatic hydroxyl groups excluding tert-OH is 1. The molecule has 4 N–H and O–H groups in total. The van der Waals surface area contributed by atoms with E-state index in [1.54, 1.807) is 40.6 Å². The number of aliphatic hydroxyl groups is 1. The third-order valence-electron chi connectivity index (χ3n) is 19.0. The molecular formula is C64H75FN12O8S. The SMILES string of the molecule is CCc1cccc2cc(O)cc(-c3ncc4c(N5CC6CCC(C5)N6)nc(OC[C@@H]5CC[C@]6(COC(=O)N7CCN(c8cc([C@H](C(=O)N9C[C@H](O)C[C@H]9C(=O)N[C@@H](C)c9ccc(-c%10scnc%10C)cc9)C(C)C)on8)CC7)CCCN56)nc4c3F)c12. The molecule has 452 valence electrons. The van der Waals surface area contributed by atoms with Gasteiger partial charge in [-0.1, -0.05) is 68.4 Å². The molecule has 8 atom stereocenters. The number of halogens is 1. The molecule has 10 heterocycles. The van der Waals surface area contributed by atoms with Crippen molar-refractivity contribution in [1.29, 1.82) is 0 Å². The summed E-state index contributed by atoms with van der Waals surface area (Å²) in [7, 11) is 0. The van der Waals surface area contributed by atoms with E-state index in [4.69, 9.17) is 28.9 Å². The maximum atomic E-state index is 17.3. The van der Waals surface area contributed by atoms with Gasteiger partial charge in [-0.05, 0) is 111 Å². The molecule has 4 aromatic heterocycles. The van der Waals surface area contributed by atoms with Gasteiger partial charge >= 0.3 is 12.1 Å². The fourth-order valence-corrected chi connectivity index (χ4v) is 15.3. The maximum absolute atomic E-state index is 17.3. The predicted molar refractivity (Wildman–Crippen MR) is 325 cm³/mol. The number of phenols is 1. The van der Waals surface area contributed by atoms with Gasteiger partial charge in [-0.15, -0.1) is 11.3 Å². The first kappa shape index (κ1) is 57.5. The summed E-state index contributed by atoms with van der Waals surface area (Å²) in [4.78, 5) is 72.1. The number of aryl methyl sites for hydroxylation is 2. The molecule has 7 aromatic rings. The molecule has 6 fully saturated rings. The van der Waals surface area contributed by atoms with Crippen molar-refractivity contribution in [2.75, 3.05) is 75.4 Å². The number of anilines is 2. The van der Waals surface area contributed by atoms with E-state index in [0.717, 1.165) is 83.1 Å². The van der Waals surface area contributed by atoms with E-state index in [0.29, 0.717) is 86.1 Å². The van der Waals surface area contributed by atoms with Gasteiger partial charge < -0.3 is 54.4 Å². The number of fused-ring (bicyclic) bond motifs is 5. The molecule has 0 aliphatic carbocycles. The van der Waals surface area contributed by atoms with E-state index < -0.39 is 23.9 Å². The summed E-state index contributed by atoms with van der Waals surface area (Å²) in [6.45, 7) is 14.3. The minimum absolute atomic E-state index is 0.00896. The lowest BCUT2D eigenvalue weighted by Crippen LogP contribution is -2.51. The predicted octanol–water partition coefficient (Wildman–Crippen LogP) is 8.53. The van der Waals surface area contributed by atoms with Crippen LogP contribution >= 0.6 is 11.3 Å². The fraction of sp³-hybridized carbons (Fsp3) is 0.500. The number of hydrogen-bond acceptors (Lipinski definition) is 18. The second kappa shape index (κ2) is 23.6. The van der Waals surface area contributed by atoms with Crippen LogP contribution in [0.3, 0.4) is 0 Å². The number of benzene rings is 3. The van der Waals surface area contributed by atoms with Gasteiger partial charge in [-0.25, -0.2) is 14.2 Å². The van der Waals surface area contributed by atoms with Crippen molar-refractivity contribution < 1.29 is 43.0 Å². The van der Waals surface area contributed by atoms with Crippen LogP contribution in [0.15, 0.2) is 76.9 Å². The second-order valence-electron chi connectivity index (χ2n) is 24.8. The van der Waals surface area contributed by atoms with Crippen LogP contribution < -0.4 is 25.2 Å². The number of aromatic hydroxyl groups is 1. The van der Waals surface area contributed by atoms with Gasteiger partial charge in [0.1, 0.15) is 48.0 Å². The zero-order valence-corrected chi connectivity index (χ0v) is 50.2. The zero-order valence-electron chi connectivity index (χ0n) is 49.4. The Morgan fingerprint density at radius 1 is 0.942 bits per heavy atom. The van der Waals surface area contributed by atoms with E-state index in [2.05, 4.69) is 37.5 Å². The molecular weight excluding hydrogens is 1120 g/mol. The zero-order chi connectivity index (χ0) is 59.5. The number of pyridine rings is 1. The highest BCUT2D eigenvalue weighted by Crippen LogP contribution is 2.44. The number of hydrogen-bond donors (Lipinski definition) is 4. The van der Waals surface area contributed by atoms with Crippen molar-refractivity contribution >= 4 is 62.6 Å². The topological polar surface area (TPSA) is 228 Å². The van der Waals surface area contributed by atoms with Crippen LogP contribution in [0.5, 0.6) is 11.8 Å². The normalized spacial score (nSPS) is 23.8. The number of carbonyl (C=O) groups is 3. The minimum atomic E-state index is -0.865. The highest BCUT2D eigenvalue weighted by atomic mass is 32.1. The van der Waals surface area contributed by atoms with Gasteiger partial charge in [0.05, 0.1) is 39.2 Å². The van der Waals surface area contributed by atoms with Gasteiger partial charge in [0, 0.05) is 88.2 Å². The Labute approximate surface area is 503 Å². The lowest BCUT2D eigenvalue weighted by atomic mass is 9.91. The van der Waals surface area contributed by atoms with Crippen LogP contribution in [0.2, 0.25) is 0 Å². The molecule has 3 aromatic carbocycles. The number of aromatic nitrogens is 5. The van der Waals surface area contributed by atoms with E-state index >= 15 is 4.39 Å². The van der Waals surface area contributed by atoms with Crippen molar-refractivity contribution in [2.45, 2.75) is 134 Å². The van der Waals surface area contributed by atoms with Crippen molar-refractivity contribution in [3.63, 3.8) is 0 Å². The monoisotopic (exact) mass is 1190 g/mol. The first-order valence-electron chi connectivity index (χ1n) is 30.6. The molecule has 6 aliphatic rings. The molecule has 0 radical (unpaired) electrons. The molecule has 2 bridgehead atoms. The first-order chi connectivity index (χ1) is 41.6. The average molecular weight is 1190 g/mol. The minimum Gasteiger partial charge on any atom is -0.508 e. The number of piperazine rings is 2. The van der Waals surface area contributed by atoms with Crippen LogP contribution in [0.4, 0.5) is 20.8 Å². The Kier molecular flexibility index (Phi) is 15.8. The second-order valence-corrected chi connectivity index (χ2v) is 25.7. The molecule has 6 saturated heterocycles. The third kappa shape index (κ3) is 10.9. The van der Waals surface area contributed by atoms with Gasteiger partial charge in [0.2, 0.25) is 11.8 Å². The summed E-state index contributed by atoms with van der Waals surface area (Å²) in [6, 6.07) is 18.4. The number of ether oxygens (including phenoxy) is 2. The van der Waals surface area contributed by atoms with Crippen molar-refractivity contribution in [3.05, 3.63) is 101 Å². The molecule has 22 heteroatoms. The number of thiazole rings is 1. The summed E-state index contributed by atoms with van der Waals surface area (Å²) in [5, 5.41) is 35.0. The van der Waals surface area contributed by atoms with Crippen molar-refractivity contribution in [2.24, 2.45) is 5.92 Å². The molecule has 0 spiro atoms. The van der Waals surface area contributed by atoms with E-state index in [1.807, 2.05) is 80.6 Å². The number of nitrogens with one attached hydrogen (secondary N) is 2. The van der Waals surface area contributed by atoms with Crippen LogP contribution in [-0.4, -0.2) is 169 Å². The fourth-order valence-electron chi connectivity index (χ4n) is 14.5. The lowest BCUT2D eigenvalue weighted by molar-refractivity contribution is -0.141. The third-order valence-corrected chi connectivity index (χ3v) is 20.0. The van der Waals surface area contributed by atoms with Crippen LogP contribution in [0.1, 0.15) is 107 Å². The van der Waals surface area contributed by atoms with Gasteiger partial charge in [0.15, 0.2) is 17.4 Å². The Morgan fingerprint density at radius 2 is 1.73 bits per heavy atom. The van der Waals surface area contributed by atoms with Crippen molar-refractivity contribution in [3.8, 4) is 33.5 Å². The number of phenolic OH excluding ortho intramolecular Hbond substituents is 1. The van der Waals surface area contributed by atoms with Gasteiger partial charge in [0.25, 0.3) is 0 Å². The van der Waals surface area contributed by atoms with E-state index in [-0.39, 0.29) is 90.6 Å². The Bertz CT molecular complexity index is 3680. The molecule has 0 saturated carbocycles. The van der Waals surface area contributed by atoms with E-state index in [1.165, 1.54) is 4.90 Å². The molecule has 13 rings (SSSR count). The Morgan fingerprint density at radius 3 is 2.48 bits per heavy atom. The average Bonchev–Trinajstić information content (AvgIpc) is 1.06. The molecule has 86 heavy (non-hydrogen) atoms. The maximum Gasteiger partial charge on any atom is 0.409 e. The molecule has 20 nitrogen and oxygen atoms in total.